The lowest BCUT2D eigenvalue weighted by Gasteiger charge is -2.39. The zero-order chi connectivity index (χ0) is 18.3. The second-order valence-corrected chi connectivity index (χ2v) is 7.77. The van der Waals surface area contributed by atoms with Crippen molar-refractivity contribution in [2.75, 3.05) is 13.6 Å². The number of pyridine rings is 1. The summed E-state index contributed by atoms with van der Waals surface area (Å²) in [5.41, 5.74) is 4.66. The molecule has 2 aliphatic rings. The summed E-state index contributed by atoms with van der Waals surface area (Å²) in [6.07, 6.45) is 4.93. The number of hydrogen-bond donors (Lipinski definition) is 0. The molecule has 0 spiro atoms. The third kappa shape index (κ3) is 3.07. The summed E-state index contributed by atoms with van der Waals surface area (Å²) in [4.78, 5) is 18.9. The predicted molar refractivity (Wildman–Crippen MR) is 99.7 cm³/mol. The van der Waals surface area contributed by atoms with E-state index < -0.39 is 0 Å². The van der Waals surface area contributed by atoms with E-state index in [4.69, 9.17) is 0 Å². The minimum absolute atomic E-state index is 0.0342. The molecule has 2 heterocycles. The molecular weight excluding hydrogens is 327 g/mol. The first-order chi connectivity index (χ1) is 12.5. The number of carbonyl (C=O) groups is 1. The average Bonchev–Trinajstić information content (AvgIpc) is 2.79. The van der Waals surface area contributed by atoms with E-state index in [-0.39, 0.29) is 23.6 Å². The van der Waals surface area contributed by atoms with Crippen LogP contribution in [-0.4, -0.2) is 35.3 Å². The van der Waals surface area contributed by atoms with Crippen molar-refractivity contribution in [3.8, 4) is 0 Å². The van der Waals surface area contributed by atoms with E-state index in [1.54, 1.807) is 13.0 Å². The maximum Gasteiger partial charge on any atom is 0.146 e. The molecule has 136 valence electrons. The van der Waals surface area contributed by atoms with E-state index in [9.17, 15) is 9.18 Å². The monoisotopic (exact) mass is 352 g/mol. The molecule has 0 saturated carbocycles. The normalized spacial score (nSPS) is 25.9. The Labute approximate surface area is 154 Å². The first-order valence-corrected chi connectivity index (χ1v) is 9.47. The van der Waals surface area contributed by atoms with Crippen LogP contribution < -0.4 is 0 Å². The standard InChI is InChI=1S/C22H25FN2O/c1-14(26)20-12-16(9-10-25(20)2)21-19-6-4-3-5-15(19)7-8-17-11-18(23)13-24-22(17)21/h3-6,11,13,16,20-21H,7-10,12H2,1-2H3/t16?,20-,21+/m1/s1. The van der Waals surface area contributed by atoms with Crippen LogP contribution in [0, 0.1) is 11.7 Å². The van der Waals surface area contributed by atoms with Crippen molar-refractivity contribution >= 4 is 5.78 Å². The average molecular weight is 352 g/mol. The molecule has 0 radical (unpaired) electrons. The summed E-state index contributed by atoms with van der Waals surface area (Å²) in [6.45, 7) is 2.59. The fourth-order valence-corrected chi connectivity index (χ4v) is 4.82. The number of rotatable bonds is 2. The van der Waals surface area contributed by atoms with Crippen LogP contribution in [0.3, 0.4) is 0 Å². The quantitative estimate of drug-likeness (QED) is 0.825. The Hall–Kier alpha value is -2.07. The van der Waals surface area contributed by atoms with Crippen LogP contribution in [0.5, 0.6) is 0 Å². The summed E-state index contributed by atoms with van der Waals surface area (Å²) in [5, 5.41) is 0. The van der Waals surface area contributed by atoms with Crippen LogP contribution in [0.15, 0.2) is 36.5 Å². The van der Waals surface area contributed by atoms with E-state index >= 15 is 0 Å². The number of likely N-dealkylation sites (tertiary alicyclic amines) is 1. The summed E-state index contributed by atoms with van der Waals surface area (Å²) in [7, 11) is 2.03. The van der Waals surface area contributed by atoms with Gasteiger partial charge >= 0.3 is 0 Å². The van der Waals surface area contributed by atoms with Gasteiger partial charge in [-0.1, -0.05) is 24.3 Å². The Morgan fingerprint density at radius 2 is 2.00 bits per heavy atom. The summed E-state index contributed by atoms with van der Waals surface area (Å²) in [5.74, 6) is 0.445. The lowest BCUT2D eigenvalue weighted by atomic mass is 9.74. The number of ketones is 1. The van der Waals surface area contributed by atoms with Crippen LogP contribution in [0.4, 0.5) is 4.39 Å². The summed E-state index contributed by atoms with van der Waals surface area (Å²) < 4.78 is 13.8. The van der Waals surface area contributed by atoms with Gasteiger partial charge in [-0.2, -0.15) is 0 Å². The summed E-state index contributed by atoms with van der Waals surface area (Å²) >= 11 is 0. The van der Waals surface area contributed by atoms with Crippen molar-refractivity contribution in [1.29, 1.82) is 0 Å². The summed E-state index contributed by atoms with van der Waals surface area (Å²) in [6, 6.07) is 10.2. The van der Waals surface area contributed by atoms with Gasteiger partial charge in [0.15, 0.2) is 0 Å². The molecule has 0 N–H and O–H groups in total. The van der Waals surface area contributed by atoms with Crippen molar-refractivity contribution in [2.45, 2.75) is 44.6 Å². The minimum atomic E-state index is -0.265. The topological polar surface area (TPSA) is 33.2 Å². The Morgan fingerprint density at radius 3 is 2.81 bits per heavy atom. The number of nitrogens with zero attached hydrogens (tertiary/aromatic N) is 2. The number of fused-ring (bicyclic) bond motifs is 2. The molecule has 4 rings (SSSR count). The number of piperidine rings is 1. The highest BCUT2D eigenvalue weighted by molar-refractivity contribution is 5.81. The molecule has 1 fully saturated rings. The zero-order valence-corrected chi connectivity index (χ0v) is 15.4. The lowest BCUT2D eigenvalue weighted by Crippen LogP contribution is -2.45. The fourth-order valence-electron chi connectivity index (χ4n) is 4.82. The van der Waals surface area contributed by atoms with Gasteiger partial charge in [-0.25, -0.2) is 4.39 Å². The Bertz CT molecular complexity index is 835. The lowest BCUT2D eigenvalue weighted by molar-refractivity contribution is -0.123. The van der Waals surface area contributed by atoms with E-state index in [0.29, 0.717) is 5.92 Å². The molecule has 26 heavy (non-hydrogen) atoms. The Kier molecular flexibility index (Phi) is 4.62. The van der Waals surface area contributed by atoms with Crippen molar-refractivity contribution in [3.05, 3.63) is 64.7 Å². The van der Waals surface area contributed by atoms with Crippen molar-refractivity contribution in [1.82, 2.24) is 9.88 Å². The van der Waals surface area contributed by atoms with E-state index in [0.717, 1.165) is 43.5 Å². The fraction of sp³-hybridized carbons (Fsp3) is 0.455. The number of Topliss-reactive ketones (excluding diaryl/α,β-unsaturated/α-hetero) is 1. The first-order valence-electron chi connectivity index (χ1n) is 9.47. The largest absolute Gasteiger partial charge is 0.298 e. The van der Waals surface area contributed by atoms with Gasteiger partial charge in [0.1, 0.15) is 11.6 Å². The van der Waals surface area contributed by atoms with Crippen molar-refractivity contribution < 1.29 is 9.18 Å². The SMILES string of the molecule is CC(=O)[C@H]1CC([C@H]2c3ccccc3CCc3cc(F)cnc32)CCN1C. The molecule has 1 aromatic heterocycles. The van der Waals surface area contributed by atoms with Crippen molar-refractivity contribution in [2.24, 2.45) is 5.92 Å². The van der Waals surface area contributed by atoms with Gasteiger partial charge in [-0.05, 0) is 74.9 Å². The van der Waals surface area contributed by atoms with Crippen LogP contribution in [0.2, 0.25) is 0 Å². The van der Waals surface area contributed by atoms with Crippen LogP contribution in [-0.2, 0) is 17.6 Å². The minimum Gasteiger partial charge on any atom is -0.298 e. The molecule has 0 amide bonds. The smallest absolute Gasteiger partial charge is 0.146 e. The second-order valence-electron chi connectivity index (χ2n) is 7.77. The highest BCUT2D eigenvalue weighted by atomic mass is 19.1. The van der Waals surface area contributed by atoms with Crippen LogP contribution >= 0.6 is 0 Å². The molecule has 1 saturated heterocycles. The third-order valence-electron chi connectivity index (χ3n) is 6.17. The number of hydrogen-bond acceptors (Lipinski definition) is 3. The van der Waals surface area contributed by atoms with Crippen LogP contribution in [0.1, 0.15) is 48.1 Å². The third-order valence-corrected chi connectivity index (χ3v) is 6.17. The van der Waals surface area contributed by atoms with Gasteiger partial charge in [-0.3, -0.25) is 14.7 Å². The van der Waals surface area contributed by atoms with E-state index in [1.807, 2.05) is 7.05 Å². The number of benzene rings is 1. The Morgan fingerprint density at radius 1 is 1.23 bits per heavy atom. The molecule has 4 heteroatoms. The van der Waals surface area contributed by atoms with Gasteiger partial charge in [0.2, 0.25) is 0 Å². The van der Waals surface area contributed by atoms with Gasteiger partial charge in [0, 0.05) is 5.92 Å². The van der Waals surface area contributed by atoms with Crippen molar-refractivity contribution in [3.63, 3.8) is 0 Å². The molecule has 0 bridgehead atoms. The number of carbonyl (C=O) groups excluding carboxylic acids is 1. The van der Waals surface area contributed by atoms with Gasteiger partial charge in [-0.15, -0.1) is 0 Å². The molecule has 2 aromatic rings. The maximum atomic E-state index is 13.8. The first kappa shape index (κ1) is 17.3. The maximum absolute atomic E-state index is 13.8. The molecule has 1 aromatic carbocycles. The van der Waals surface area contributed by atoms with Crippen LogP contribution in [0.25, 0.3) is 0 Å². The molecule has 1 aliphatic heterocycles. The molecular formula is C22H25FN2O. The number of likely N-dealkylation sites (N-methyl/N-ethyl adjacent to an activating group) is 1. The second kappa shape index (κ2) is 6.92. The van der Waals surface area contributed by atoms with Gasteiger partial charge < -0.3 is 0 Å². The molecule has 3 atom stereocenters. The number of aryl methyl sites for hydroxylation is 2. The number of aromatic nitrogens is 1. The van der Waals surface area contributed by atoms with E-state index in [2.05, 4.69) is 34.1 Å². The Balaban J connectivity index is 1.80. The van der Waals surface area contributed by atoms with Gasteiger partial charge in [0.25, 0.3) is 0 Å². The number of halogens is 1. The molecule has 1 unspecified atom stereocenters. The highest BCUT2D eigenvalue weighted by Crippen LogP contribution is 2.43. The zero-order valence-electron chi connectivity index (χ0n) is 15.4. The predicted octanol–water partition coefficient (Wildman–Crippen LogP) is 3.75. The van der Waals surface area contributed by atoms with E-state index in [1.165, 1.54) is 17.3 Å². The highest BCUT2D eigenvalue weighted by Gasteiger charge is 2.37. The molecule has 3 nitrogen and oxygen atoms in total. The van der Waals surface area contributed by atoms with Gasteiger partial charge in [0.05, 0.1) is 17.9 Å². The molecule has 1 aliphatic carbocycles.